The molecule has 1 saturated heterocycles. The topological polar surface area (TPSA) is 115 Å². The predicted molar refractivity (Wildman–Crippen MR) is 88.6 cm³/mol. The summed E-state index contributed by atoms with van der Waals surface area (Å²) in [5.74, 6) is -1.12. The molecule has 0 radical (unpaired) electrons. The monoisotopic (exact) mass is 368 g/mol. The Morgan fingerprint density at radius 1 is 1.44 bits per heavy atom. The van der Waals surface area contributed by atoms with Gasteiger partial charge in [-0.1, -0.05) is 5.21 Å². The molecule has 1 aromatic carbocycles. The average Bonchev–Trinajstić information content (AvgIpc) is 3.22. The minimum Gasteiger partial charge on any atom is -0.480 e. The van der Waals surface area contributed by atoms with E-state index in [0.29, 0.717) is 31.5 Å². The second-order valence-electron chi connectivity index (χ2n) is 5.92. The Morgan fingerprint density at radius 3 is 2.96 bits per heavy atom. The van der Waals surface area contributed by atoms with Crippen LogP contribution in [-0.4, -0.2) is 65.1 Å². The molecule has 0 saturated carbocycles. The fourth-order valence-corrected chi connectivity index (χ4v) is 4.72. The molecule has 1 aromatic heterocycles. The number of carboxylic acid groups (broad SMARTS) is 1. The third-order valence-corrected chi connectivity index (χ3v) is 6.20. The van der Waals surface area contributed by atoms with Crippen LogP contribution in [0.3, 0.4) is 0 Å². The Hall–Kier alpha value is -2.04. The van der Waals surface area contributed by atoms with Gasteiger partial charge in [0.25, 0.3) is 0 Å². The van der Waals surface area contributed by atoms with Gasteiger partial charge in [-0.25, -0.2) is 13.1 Å². The fourth-order valence-electron chi connectivity index (χ4n) is 3.05. The predicted octanol–water partition coefficient (Wildman–Crippen LogP) is 0.706. The van der Waals surface area contributed by atoms with E-state index < -0.39 is 22.0 Å². The lowest BCUT2D eigenvalue weighted by Crippen LogP contribution is -2.40. The summed E-state index contributed by atoms with van der Waals surface area (Å²) in [6.45, 7) is 1.42. The van der Waals surface area contributed by atoms with Gasteiger partial charge in [-0.2, -0.15) is 4.31 Å². The van der Waals surface area contributed by atoms with Gasteiger partial charge >= 0.3 is 5.97 Å². The number of ether oxygens (including phenoxy) is 1. The molecule has 1 aliphatic heterocycles. The molecule has 1 aliphatic rings. The van der Waals surface area contributed by atoms with Crippen LogP contribution in [-0.2, 0) is 26.1 Å². The number of aliphatic carboxylic acids is 1. The molecule has 0 spiro atoms. The molecule has 2 heterocycles. The van der Waals surface area contributed by atoms with Crippen LogP contribution >= 0.6 is 0 Å². The number of nitrogens with zero attached hydrogens (tertiary/aromatic N) is 4. The molecule has 0 bridgehead atoms. The molecule has 136 valence electrons. The molecular formula is C15H20N4O5S. The Morgan fingerprint density at radius 2 is 2.24 bits per heavy atom. The van der Waals surface area contributed by atoms with Gasteiger partial charge in [-0.3, -0.25) is 4.79 Å². The lowest BCUT2D eigenvalue weighted by atomic mass is 10.2. The molecule has 0 amide bonds. The molecule has 1 N–H and O–H groups in total. The molecule has 0 aliphatic carbocycles. The average molecular weight is 368 g/mol. The van der Waals surface area contributed by atoms with Crippen molar-refractivity contribution < 1.29 is 23.1 Å². The molecule has 9 nitrogen and oxygen atoms in total. The number of hydrogen-bond donors (Lipinski definition) is 1. The number of aromatic nitrogens is 3. The summed E-state index contributed by atoms with van der Waals surface area (Å²) in [7, 11) is -2.26. The lowest BCUT2D eigenvalue weighted by molar-refractivity contribution is -0.140. The SMILES string of the molecule is COCCCn1nnc2cc(S(=O)(=O)N3CCCC3C(=O)O)ccc21. The van der Waals surface area contributed by atoms with Crippen LogP contribution in [0.5, 0.6) is 0 Å². The summed E-state index contributed by atoms with van der Waals surface area (Å²) in [6.07, 6.45) is 1.63. The van der Waals surface area contributed by atoms with Gasteiger partial charge in [0.2, 0.25) is 10.0 Å². The van der Waals surface area contributed by atoms with Gasteiger partial charge in [-0.15, -0.1) is 5.10 Å². The maximum Gasteiger partial charge on any atom is 0.322 e. The van der Waals surface area contributed by atoms with E-state index in [2.05, 4.69) is 10.3 Å². The summed E-state index contributed by atoms with van der Waals surface area (Å²) in [5, 5.41) is 17.3. The maximum atomic E-state index is 12.8. The number of benzene rings is 1. The van der Waals surface area contributed by atoms with Gasteiger partial charge in [0.15, 0.2) is 0 Å². The first kappa shape index (κ1) is 17.8. The lowest BCUT2D eigenvalue weighted by Gasteiger charge is -2.20. The first-order valence-electron chi connectivity index (χ1n) is 8.02. The number of fused-ring (bicyclic) bond motifs is 1. The van der Waals surface area contributed by atoms with Gasteiger partial charge in [0, 0.05) is 26.8 Å². The van der Waals surface area contributed by atoms with E-state index in [1.807, 2.05) is 0 Å². The fraction of sp³-hybridized carbons (Fsp3) is 0.533. The quantitative estimate of drug-likeness (QED) is 0.716. The summed E-state index contributed by atoms with van der Waals surface area (Å²) in [5.41, 5.74) is 1.19. The summed E-state index contributed by atoms with van der Waals surface area (Å²) >= 11 is 0. The van der Waals surface area contributed by atoms with E-state index in [9.17, 15) is 18.3 Å². The Kier molecular flexibility index (Phi) is 5.02. The highest BCUT2D eigenvalue weighted by Gasteiger charge is 2.39. The highest BCUT2D eigenvalue weighted by molar-refractivity contribution is 7.89. The molecule has 1 fully saturated rings. The van der Waals surface area contributed by atoms with E-state index in [1.165, 1.54) is 12.1 Å². The Labute approximate surface area is 145 Å². The van der Waals surface area contributed by atoms with Crippen molar-refractivity contribution in [3.8, 4) is 0 Å². The highest BCUT2D eigenvalue weighted by Crippen LogP contribution is 2.27. The molecule has 1 atom stereocenters. The zero-order chi connectivity index (χ0) is 18.0. The molecule has 25 heavy (non-hydrogen) atoms. The van der Waals surface area contributed by atoms with Gasteiger partial charge < -0.3 is 9.84 Å². The smallest absolute Gasteiger partial charge is 0.322 e. The van der Waals surface area contributed by atoms with Crippen LogP contribution in [0.25, 0.3) is 11.0 Å². The van der Waals surface area contributed by atoms with Crippen LogP contribution in [0, 0.1) is 0 Å². The summed E-state index contributed by atoms with van der Waals surface area (Å²) in [4.78, 5) is 11.3. The van der Waals surface area contributed by atoms with Crippen LogP contribution in [0.15, 0.2) is 23.1 Å². The third-order valence-electron chi connectivity index (χ3n) is 4.30. The van der Waals surface area contributed by atoms with Crippen LogP contribution in [0.4, 0.5) is 0 Å². The van der Waals surface area contributed by atoms with Crippen molar-refractivity contribution in [3.63, 3.8) is 0 Å². The van der Waals surface area contributed by atoms with Gasteiger partial charge in [0.05, 0.1) is 10.4 Å². The number of carboxylic acids is 1. The normalized spacial score (nSPS) is 18.8. The first-order chi connectivity index (χ1) is 11.9. The van der Waals surface area contributed by atoms with Crippen molar-refractivity contribution in [2.45, 2.75) is 36.7 Å². The van der Waals surface area contributed by atoms with Crippen molar-refractivity contribution in [3.05, 3.63) is 18.2 Å². The van der Waals surface area contributed by atoms with Gasteiger partial charge in [-0.05, 0) is 37.5 Å². The van der Waals surface area contributed by atoms with E-state index in [1.54, 1.807) is 17.9 Å². The Bertz CT molecular complexity index is 879. The minimum atomic E-state index is -3.88. The van der Waals surface area contributed by atoms with Crippen molar-refractivity contribution >= 4 is 27.0 Å². The number of rotatable bonds is 7. The Balaban J connectivity index is 1.90. The second kappa shape index (κ2) is 7.06. The van der Waals surface area contributed by atoms with E-state index in [4.69, 9.17) is 4.74 Å². The highest BCUT2D eigenvalue weighted by atomic mass is 32.2. The maximum absolute atomic E-state index is 12.8. The van der Waals surface area contributed by atoms with Crippen molar-refractivity contribution in [1.29, 1.82) is 0 Å². The summed E-state index contributed by atoms with van der Waals surface area (Å²) < 4.78 is 33.4. The zero-order valence-electron chi connectivity index (χ0n) is 13.8. The largest absolute Gasteiger partial charge is 0.480 e. The zero-order valence-corrected chi connectivity index (χ0v) is 14.6. The number of aryl methyl sites for hydroxylation is 1. The molecule has 2 aromatic rings. The molecule has 1 unspecified atom stereocenters. The third kappa shape index (κ3) is 3.37. The standard InChI is InChI=1S/C15H20N4O5S/c1-24-9-3-7-18-13-6-5-11(10-12(13)16-17-18)25(22,23)19-8-2-4-14(19)15(20)21/h5-6,10,14H,2-4,7-9H2,1H3,(H,20,21). The van der Waals surface area contributed by atoms with E-state index in [0.717, 1.165) is 16.2 Å². The molecular weight excluding hydrogens is 348 g/mol. The van der Waals surface area contributed by atoms with Crippen molar-refractivity contribution in [1.82, 2.24) is 19.3 Å². The molecule has 10 heteroatoms. The van der Waals surface area contributed by atoms with Crippen molar-refractivity contribution in [2.24, 2.45) is 0 Å². The van der Waals surface area contributed by atoms with Crippen molar-refractivity contribution in [2.75, 3.05) is 20.3 Å². The summed E-state index contributed by atoms with van der Waals surface area (Å²) in [6, 6.07) is 3.57. The minimum absolute atomic E-state index is 0.0390. The van der Waals surface area contributed by atoms with Crippen LogP contribution < -0.4 is 0 Å². The second-order valence-corrected chi connectivity index (χ2v) is 7.81. The van der Waals surface area contributed by atoms with E-state index in [-0.39, 0.29) is 11.4 Å². The molecule has 3 rings (SSSR count). The van der Waals surface area contributed by atoms with Gasteiger partial charge in [0.1, 0.15) is 11.6 Å². The number of methoxy groups -OCH3 is 1. The van der Waals surface area contributed by atoms with E-state index >= 15 is 0 Å². The number of carbonyl (C=O) groups is 1. The van der Waals surface area contributed by atoms with Crippen LogP contribution in [0.1, 0.15) is 19.3 Å². The number of sulfonamides is 1. The van der Waals surface area contributed by atoms with Crippen LogP contribution in [0.2, 0.25) is 0 Å². The number of hydrogen-bond acceptors (Lipinski definition) is 6. The first-order valence-corrected chi connectivity index (χ1v) is 9.46.